The molecule has 3 rings (SSSR count). The first-order valence-corrected chi connectivity index (χ1v) is 12.4. The van der Waals surface area contributed by atoms with Gasteiger partial charge in [0.2, 0.25) is 0 Å². The van der Waals surface area contributed by atoms with Gasteiger partial charge in [-0.2, -0.15) is 0 Å². The lowest BCUT2D eigenvalue weighted by molar-refractivity contribution is -0.157. The molecule has 0 fully saturated rings. The molecule has 202 valence electrons. The Labute approximate surface area is 223 Å². The van der Waals surface area contributed by atoms with Crippen molar-refractivity contribution in [1.29, 1.82) is 0 Å². The van der Waals surface area contributed by atoms with Crippen LogP contribution in [-0.2, 0) is 14.3 Å². The van der Waals surface area contributed by atoms with Crippen molar-refractivity contribution in [3.8, 4) is 11.5 Å². The Hall–Kier alpha value is -4.07. The highest BCUT2D eigenvalue weighted by atomic mass is 16.6. The molecule has 0 radical (unpaired) electrons. The number of nitrogens with one attached hydrogen (secondary N) is 1. The van der Waals surface area contributed by atoms with E-state index in [2.05, 4.69) is 5.32 Å². The average Bonchev–Trinajstić information content (AvgIpc) is 2.82. The van der Waals surface area contributed by atoms with Gasteiger partial charge in [-0.3, -0.25) is 4.79 Å². The van der Waals surface area contributed by atoms with Crippen LogP contribution in [0.1, 0.15) is 57.5 Å². The van der Waals surface area contributed by atoms with Gasteiger partial charge in [0.25, 0.3) is 0 Å². The second-order valence-electron chi connectivity index (χ2n) is 10.7. The topological polar surface area (TPSA) is 100 Å². The van der Waals surface area contributed by atoms with Gasteiger partial charge in [0.1, 0.15) is 29.3 Å². The number of hydrogen-bond acceptors (Lipinski definition) is 7. The lowest BCUT2D eigenvalue weighted by Gasteiger charge is -2.19. The van der Waals surface area contributed by atoms with Crippen LogP contribution in [0.25, 0.3) is 10.8 Å². The summed E-state index contributed by atoms with van der Waals surface area (Å²) in [6, 6.07) is 17.7. The number of ether oxygens (including phenoxy) is 4. The molecule has 0 spiro atoms. The van der Waals surface area contributed by atoms with Crippen molar-refractivity contribution < 1.29 is 33.3 Å². The zero-order valence-electron chi connectivity index (χ0n) is 22.8. The molecule has 0 heterocycles. The normalized spacial score (nSPS) is 11.5. The first-order chi connectivity index (χ1) is 17.8. The number of carbonyl (C=O) groups excluding carboxylic acids is 3. The Kier molecular flexibility index (Phi) is 8.99. The predicted octanol–water partition coefficient (Wildman–Crippen LogP) is 5.69. The molecular weight excluding hydrogens is 486 g/mol. The molecule has 8 heteroatoms. The van der Waals surface area contributed by atoms with E-state index in [0.717, 1.165) is 10.8 Å². The summed E-state index contributed by atoms with van der Waals surface area (Å²) in [6.45, 7) is 11.1. The Morgan fingerprint density at radius 3 is 2.05 bits per heavy atom. The molecule has 0 aliphatic carbocycles. The van der Waals surface area contributed by atoms with E-state index in [9.17, 15) is 14.4 Å². The molecule has 0 aliphatic heterocycles. The molecule has 3 aromatic carbocycles. The quantitative estimate of drug-likeness (QED) is 0.219. The number of esters is 1. The molecule has 0 unspecified atom stereocenters. The minimum absolute atomic E-state index is 0.144. The number of hydrogen-bond donors (Lipinski definition) is 1. The fourth-order valence-electron chi connectivity index (χ4n) is 3.50. The molecule has 0 atom stereocenters. The maximum absolute atomic E-state index is 13.1. The van der Waals surface area contributed by atoms with Crippen molar-refractivity contribution in [3.05, 3.63) is 71.8 Å². The van der Waals surface area contributed by atoms with Gasteiger partial charge in [-0.25, -0.2) is 9.59 Å². The van der Waals surface area contributed by atoms with Crippen LogP contribution in [0.2, 0.25) is 0 Å². The number of ketones is 1. The number of amides is 1. The van der Waals surface area contributed by atoms with Crippen LogP contribution in [-0.4, -0.2) is 48.8 Å². The van der Waals surface area contributed by atoms with Gasteiger partial charge in [-0.05, 0) is 82.6 Å². The smallest absolute Gasteiger partial charge is 0.407 e. The molecular formula is C30H35NO7. The largest absolute Gasteiger partial charge is 0.492 e. The molecule has 3 aromatic rings. The second kappa shape index (κ2) is 12.0. The van der Waals surface area contributed by atoms with Crippen molar-refractivity contribution in [3.63, 3.8) is 0 Å². The summed E-state index contributed by atoms with van der Waals surface area (Å²) in [7, 11) is 0. The van der Waals surface area contributed by atoms with E-state index in [0.29, 0.717) is 22.6 Å². The van der Waals surface area contributed by atoms with Crippen molar-refractivity contribution in [2.24, 2.45) is 0 Å². The Morgan fingerprint density at radius 2 is 1.34 bits per heavy atom. The van der Waals surface area contributed by atoms with Gasteiger partial charge < -0.3 is 24.3 Å². The molecule has 0 aliphatic rings. The van der Waals surface area contributed by atoms with Crippen LogP contribution in [0.3, 0.4) is 0 Å². The maximum Gasteiger partial charge on any atom is 0.407 e. The highest BCUT2D eigenvalue weighted by Crippen LogP contribution is 2.24. The lowest BCUT2D eigenvalue weighted by Crippen LogP contribution is -2.34. The maximum atomic E-state index is 13.1. The van der Waals surface area contributed by atoms with E-state index in [1.54, 1.807) is 77.9 Å². The molecule has 38 heavy (non-hydrogen) atoms. The Balaban J connectivity index is 1.59. The van der Waals surface area contributed by atoms with Crippen molar-refractivity contribution >= 4 is 28.6 Å². The van der Waals surface area contributed by atoms with Gasteiger partial charge in [0.05, 0.1) is 6.54 Å². The Bertz CT molecular complexity index is 1300. The van der Waals surface area contributed by atoms with Crippen molar-refractivity contribution in [1.82, 2.24) is 5.32 Å². The molecule has 0 saturated carbocycles. The van der Waals surface area contributed by atoms with E-state index in [1.807, 2.05) is 24.3 Å². The minimum Gasteiger partial charge on any atom is -0.492 e. The van der Waals surface area contributed by atoms with E-state index >= 15 is 0 Å². The van der Waals surface area contributed by atoms with E-state index in [4.69, 9.17) is 18.9 Å². The zero-order chi connectivity index (χ0) is 27.9. The standard InChI is InChI=1S/C30H35NO7/c1-29(2,3)37-26(32)19-36-25-13-12-20-16-23(11-10-21(20)17-25)27(33)22-8-7-9-24(18-22)35-15-14-31-28(34)38-30(4,5)6/h7-13,16-18H,14-15,19H2,1-6H3,(H,31,34). The first-order valence-electron chi connectivity index (χ1n) is 12.4. The molecule has 0 saturated heterocycles. The van der Waals surface area contributed by atoms with E-state index in [1.165, 1.54) is 0 Å². The van der Waals surface area contributed by atoms with Crippen molar-refractivity contribution in [2.45, 2.75) is 52.7 Å². The van der Waals surface area contributed by atoms with E-state index in [-0.39, 0.29) is 25.5 Å². The molecule has 0 aromatic heterocycles. The third-order valence-corrected chi connectivity index (χ3v) is 4.99. The third-order valence-electron chi connectivity index (χ3n) is 4.99. The second-order valence-corrected chi connectivity index (χ2v) is 10.7. The molecule has 1 amide bonds. The fourth-order valence-corrected chi connectivity index (χ4v) is 3.50. The van der Waals surface area contributed by atoms with Crippen LogP contribution in [0.4, 0.5) is 4.79 Å². The lowest BCUT2D eigenvalue weighted by atomic mass is 9.99. The number of rotatable bonds is 9. The highest BCUT2D eigenvalue weighted by molar-refractivity contribution is 6.10. The van der Waals surface area contributed by atoms with Crippen LogP contribution in [0.15, 0.2) is 60.7 Å². The monoisotopic (exact) mass is 521 g/mol. The van der Waals surface area contributed by atoms with Crippen molar-refractivity contribution in [2.75, 3.05) is 19.8 Å². The highest BCUT2D eigenvalue weighted by Gasteiger charge is 2.17. The SMILES string of the molecule is CC(C)(C)OC(=O)COc1ccc2cc(C(=O)c3cccc(OCCNC(=O)OC(C)(C)C)c3)ccc2c1. The minimum atomic E-state index is -0.572. The van der Waals surface area contributed by atoms with Crippen LogP contribution in [0, 0.1) is 0 Å². The number of alkyl carbamates (subject to hydrolysis) is 1. The average molecular weight is 522 g/mol. The summed E-state index contributed by atoms with van der Waals surface area (Å²) >= 11 is 0. The summed E-state index contributed by atoms with van der Waals surface area (Å²) < 4.78 is 21.7. The number of carbonyl (C=O) groups is 3. The summed E-state index contributed by atoms with van der Waals surface area (Å²) in [5, 5.41) is 4.37. The summed E-state index contributed by atoms with van der Waals surface area (Å²) in [5.41, 5.74) is -0.125. The summed E-state index contributed by atoms with van der Waals surface area (Å²) in [5.74, 6) is 0.474. The van der Waals surface area contributed by atoms with Gasteiger partial charge in [-0.1, -0.05) is 30.3 Å². The Morgan fingerprint density at radius 1 is 0.711 bits per heavy atom. The van der Waals surface area contributed by atoms with Gasteiger partial charge >= 0.3 is 12.1 Å². The fraction of sp³-hybridized carbons (Fsp3) is 0.367. The predicted molar refractivity (Wildman–Crippen MR) is 145 cm³/mol. The molecule has 1 N–H and O–H groups in total. The zero-order valence-corrected chi connectivity index (χ0v) is 22.8. The third kappa shape index (κ3) is 9.10. The molecule has 8 nitrogen and oxygen atoms in total. The van der Waals surface area contributed by atoms with Gasteiger partial charge in [0, 0.05) is 11.1 Å². The van der Waals surface area contributed by atoms with Gasteiger partial charge in [-0.15, -0.1) is 0 Å². The molecule has 0 bridgehead atoms. The first kappa shape index (κ1) is 28.5. The van der Waals surface area contributed by atoms with Crippen LogP contribution >= 0.6 is 0 Å². The number of benzene rings is 3. The van der Waals surface area contributed by atoms with Crippen LogP contribution < -0.4 is 14.8 Å². The van der Waals surface area contributed by atoms with E-state index < -0.39 is 23.3 Å². The summed E-state index contributed by atoms with van der Waals surface area (Å²) in [6.07, 6.45) is -0.511. The van der Waals surface area contributed by atoms with Gasteiger partial charge in [0.15, 0.2) is 12.4 Å². The number of fused-ring (bicyclic) bond motifs is 1. The summed E-state index contributed by atoms with van der Waals surface area (Å²) in [4.78, 5) is 36.8. The van der Waals surface area contributed by atoms with Crippen LogP contribution in [0.5, 0.6) is 11.5 Å².